The van der Waals surface area contributed by atoms with Crippen LogP contribution in [0, 0.1) is 0 Å². The SMILES string of the molecule is CCOC(=O)C(C)Sc1nc(-c2ccco2)nc2ccccc12. The molecule has 0 N–H and O–H groups in total. The molecule has 1 aromatic carbocycles. The van der Waals surface area contributed by atoms with Crippen molar-refractivity contribution in [2.75, 3.05) is 6.61 Å². The summed E-state index contributed by atoms with van der Waals surface area (Å²) in [5.74, 6) is 0.855. The molecule has 0 spiro atoms. The predicted octanol–water partition coefficient (Wildman–Crippen LogP) is 3.93. The van der Waals surface area contributed by atoms with E-state index in [2.05, 4.69) is 9.97 Å². The summed E-state index contributed by atoms with van der Waals surface area (Å²) < 4.78 is 10.5. The number of furan rings is 1. The number of benzene rings is 1. The van der Waals surface area contributed by atoms with E-state index in [0.717, 1.165) is 15.9 Å². The van der Waals surface area contributed by atoms with E-state index in [1.54, 1.807) is 19.3 Å². The topological polar surface area (TPSA) is 65.2 Å². The van der Waals surface area contributed by atoms with Gasteiger partial charge in [-0.25, -0.2) is 9.97 Å². The first-order valence-electron chi connectivity index (χ1n) is 7.33. The highest BCUT2D eigenvalue weighted by Gasteiger charge is 2.19. The van der Waals surface area contributed by atoms with Crippen molar-refractivity contribution in [3.05, 3.63) is 42.7 Å². The molecule has 0 radical (unpaired) electrons. The fraction of sp³-hybridized carbons (Fsp3) is 0.235. The summed E-state index contributed by atoms with van der Waals surface area (Å²) in [7, 11) is 0. The Hall–Kier alpha value is -2.34. The molecule has 0 saturated heterocycles. The molecule has 0 bridgehead atoms. The van der Waals surface area contributed by atoms with Crippen molar-refractivity contribution in [1.29, 1.82) is 0 Å². The zero-order valence-corrected chi connectivity index (χ0v) is 13.7. The van der Waals surface area contributed by atoms with Crippen molar-refractivity contribution in [1.82, 2.24) is 9.97 Å². The maximum absolute atomic E-state index is 11.9. The van der Waals surface area contributed by atoms with Gasteiger partial charge in [-0.3, -0.25) is 4.79 Å². The third kappa shape index (κ3) is 3.37. The van der Waals surface area contributed by atoms with E-state index in [-0.39, 0.29) is 11.2 Å². The molecule has 6 heteroatoms. The number of rotatable bonds is 5. The Morgan fingerprint density at radius 3 is 2.83 bits per heavy atom. The number of fused-ring (bicyclic) bond motifs is 1. The Labute approximate surface area is 138 Å². The summed E-state index contributed by atoms with van der Waals surface area (Å²) in [6.07, 6.45) is 1.59. The van der Waals surface area contributed by atoms with Crippen LogP contribution in [0.2, 0.25) is 0 Å². The van der Waals surface area contributed by atoms with E-state index >= 15 is 0 Å². The third-order valence-corrected chi connectivity index (χ3v) is 4.30. The van der Waals surface area contributed by atoms with Gasteiger partial charge in [0.1, 0.15) is 10.3 Å². The average Bonchev–Trinajstić information content (AvgIpc) is 3.09. The molecule has 0 saturated carbocycles. The molecule has 0 fully saturated rings. The summed E-state index contributed by atoms with van der Waals surface area (Å²) in [6.45, 7) is 3.97. The van der Waals surface area contributed by atoms with Gasteiger partial charge in [0.2, 0.25) is 0 Å². The molecule has 0 amide bonds. The lowest BCUT2D eigenvalue weighted by molar-refractivity contribution is -0.142. The Kier molecular flexibility index (Phi) is 4.62. The highest BCUT2D eigenvalue weighted by Crippen LogP contribution is 2.31. The number of aromatic nitrogens is 2. The highest BCUT2D eigenvalue weighted by atomic mass is 32.2. The molecule has 0 aliphatic heterocycles. The summed E-state index contributed by atoms with van der Waals surface area (Å²) in [5, 5.41) is 1.30. The molecule has 2 heterocycles. The normalized spacial score (nSPS) is 12.3. The Morgan fingerprint density at radius 2 is 2.09 bits per heavy atom. The molecule has 3 aromatic rings. The zero-order valence-electron chi connectivity index (χ0n) is 12.9. The second kappa shape index (κ2) is 6.83. The second-order valence-corrected chi connectivity index (χ2v) is 6.19. The Balaban J connectivity index is 2.02. The largest absolute Gasteiger partial charge is 0.465 e. The van der Waals surface area contributed by atoms with Gasteiger partial charge in [-0.05, 0) is 32.0 Å². The van der Waals surface area contributed by atoms with Crippen LogP contribution in [0.15, 0.2) is 52.1 Å². The number of para-hydroxylation sites is 1. The van der Waals surface area contributed by atoms with Crippen LogP contribution in [0.25, 0.3) is 22.5 Å². The number of ether oxygens (including phenoxy) is 1. The van der Waals surface area contributed by atoms with E-state index in [1.165, 1.54) is 11.8 Å². The maximum atomic E-state index is 11.9. The lowest BCUT2D eigenvalue weighted by atomic mass is 10.2. The number of hydrogen-bond acceptors (Lipinski definition) is 6. The summed E-state index contributed by atoms with van der Waals surface area (Å²) in [5.41, 5.74) is 0.812. The van der Waals surface area contributed by atoms with Crippen LogP contribution in [0.4, 0.5) is 0 Å². The van der Waals surface area contributed by atoms with Crippen molar-refractivity contribution in [3.8, 4) is 11.6 Å². The molecule has 5 nitrogen and oxygen atoms in total. The van der Waals surface area contributed by atoms with Gasteiger partial charge >= 0.3 is 5.97 Å². The smallest absolute Gasteiger partial charge is 0.319 e. The van der Waals surface area contributed by atoms with E-state index in [0.29, 0.717) is 18.2 Å². The van der Waals surface area contributed by atoms with Gasteiger partial charge in [0.05, 0.1) is 18.4 Å². The molecule has 23 heavy (non-hydrogen) atoms. The summed E-state index contributed by atoms with van der Waals surface area (Å²) in [6, 6.07) is 11.3. The zero-order chi connectivity index (χ0) is 16.2. The van der Waals surface area contributed by atoms with Crippen molar-refractivity contribution in [3.63, 3.8) is 0 Å². The van der Waals surface area contributed by atoms with Crippen LogP contribution < -0.4 is 0 Å². The molecule has 118 valence electrons. The van der Waals surface area contributed by atoms with E-state index in [9.17, 15) is 4.79 Å². The van der Waals surface area contributed by atoms with Crippen molar-refractivity contribution >= 4 is 28.6 Å². The molecule has 0 aliphatic rings. The second-order valence-electron chi connectivity index (χ2n) is 4.86. The van der Waals surface area contributed by atoms with Crippen LogP contribution >= 0.6 is 11.8 Å². The van der Waals surface area contributed by atoms with Gasteiger partial charge < -0.3 is 9.15 Å². The first-order valence-corrected chi connectivity index (χ1v) is 8.21. The molecule has 2 aromatic heterocycles. The first kappa shape index (κ1) is 15.6. The average molecular weight is 328 g/mol. The number of nitrogens with zero attached hydrogens (tertiary/aromatic N) is 2. The maximum Gasteiger partial charge on any atom is 0.319 e. The molecular weight excluding hydrogens is 312 g/mol. The number of carbonyl (C=O) groups is 1. The van der Waals surface area contributed by atoms with Crippen LogP contribution in [0.3, 0.4) is 0 Å². The molecular formula is C17H16N2O3S. The fourth-order valence-corrected chi connectivity index (χ4v) is 3.07. The van der Waals surface area contributed by atoms with Gasteiger partial charge in [-0.15, -0.1) is 0 Å². The van der Waals surface area contributed by atoms with Crippen LogP contribution in [-0.2, 0) is 9.53 Å². The standard InChI is InChI=1S/C17H16N2O3S/c1-3-21-17(20)11(2)23-16-12-7-4-5-8-13(12)18-15(19-16)14-9-6-10-22-14/h4-11H,3H2,1-2H3. The first-order chi connectivity index (χ1) is 11.2. The predicted molar refractivity (Wildman–Crippen MR) is 89.2 cm³/mol. The lowest BCUT2D eigenvalue weighted by Crippen LogP contribution is -2.17. The van der Waals surface area contributed by atoms with Crippen LogP contribution in [-0.4, -0.2) is 27.8 Å². The third-order valence-electron chi connectivity index (χ3n) is 3.22. The molecule has 1 unspecified atom stereocenters. The van der Waals surface area contributed by atoms with Gasteiger partial charge in [0.15, 0.2) is 11.6 Å². The minimum atomic E-state index is -0.349. The molecule has 1 atom stereocenters. The summed E-state index contributed by atoms with van der Waals surface area (Å²) >= 11 is 1.37. The minimum absolute atomic E-state index is 0.250. The molecule has 0 aliphatic carbocycles. The van der Waals surface area contributed by atoms with Crippen molar-refractivity contribution < 1.29 is 13.9 Å². The van der Waals surface area contributed by atoms with Gasteiger partial charge in [-0.1, -0.05) is 30.0 Å². The highest BCUT2D eigenvalue weighted by molar-refractivity contribution is 8.00. The lowest BCUT2D eigenvalue weighted by Gasteiger charge is -2.12. The minimum Gasteiger partial charge on any atom is -0.465 e. The van der Waals surface area contributed by atoms with Crippen LogP contribution in [0.5, 0.6) is 0 Å². The number of thioether (sulfide) groups is 1. The van der Waals surface area contributed by atoms with E-state index in [1.807, 2.05) is 37.3 Å². The molecule has 3 rings (SSSR count). The monoisotopic (exact) mass is 328 g/mol. The number of hydrogen-bond donors (Lipinski definition) is 0. The van der Waals surface area contributed by atoms with Crippen molar-refractivity contribution in [2.24, 2.45) is 0 Å². The van der Waals surface area contributed by atoms with Crippen LogP contribution in [0.1, 0.15) is 13.8 Å². The van der Waals surface area contributed by atoms with Gasteiger partial charge in [-0.2, -0.15) is 0 Å². The van der Waals surface area contributed by atoms with Gasteiger partial charge in [0, 0.05) is 5.39 Å². The van der Waals surface area contributed by atoms with E-state index in [4.69, 9.17) is 9.15 Å². The fourth-order valence-electron chi connectivity index (χ4n) is 2.13. The number of carbonyl (C=O) groups excluding carboxylic acids is 1. The van der Waals surface area contributed by atoms with E-state index < -0.39 is 0 Å². The van der Waals surface area contributed by atoms with Gasteiger partial charge in [0.25, 0.3) is 0 Å². The summed E-state index contributed by atoms with van der Waals surface area (Å²) in [4.78, 5) is 21.0. The Bertz CT molecular complexity index is 818. The van der Waals surface area contributed by atoms with Crippen molar-refractivity contribution in [2.45, 2.75) is 24.1 Å². The number of esters is 1. The quantitative estimate of drug-likeness (QED) is 0.402. The Morgan fingerprint density at radius 1 is 1.26 bits per heavy atom.